The van der Waals surface area contributed by atoms with Gasteiger partial charge < -0.3 is 4.43 Å². The summed E-state index contributed by atoms with van der Waals surface area (Å²) in [4.78, 5) is 0. The van der Waals surface area contributed by atoms with Crippen molar-refractivity contribution >= 4 is 38.2 Å². The lowest BCUT2D eigenvalue weighted by Gasteiger charge is -2.42. The lowest BCUT2D eigenvalue weighted by Crippen LogP contribution is -2.48. The molecule has 0 radical (unpaired) electrons. The van der Waals surface area contributed by atoms with Crippen molar-refractivity contribution in [1.29, 1.82) is 0 Å². The zero-order chi connectivity index (χ0) is 20.6. The van der Waals surface area contributed by atoms with Crippen molar-refractivity contribution < 1.29 is 25.4 Å². The molecule has 0 saturated carbocycles. The molecule has 0 aromatic rings. The fourth-order valence-electron chi connectivity index (χ4n) is 3.25. The summed E-state index contributed by atoms with van der Waals surface area (Å²) < 4.78 is 52.2. The summed E-state index contributed by atoms with van der Waals surface area (Å²) in [5.74, 6) is 0. The molecule has 0 N–H and O–H groups in total. The SMILES string of the molecule is CC(C)[Si](OCC[C@H](C)OS(C)(=O)=O)(C(C)C)C(C)C.CS(=O)(=O)Cl. The van der Waals surface area contributed by atoms with Gasteiger partial charge >= 0.3 is 0 Å². The Morgan fingerprint density at radius 1 is 0.840 bits per heavy atom. The Morgan fingerprint density at radius 3 is 1.40 bits per heavy atom. The minimum absolute atomic E-state index is 0.330. The highest BCUT2D eigenvalue weighted by Gasteiger charge is 2.44. The van der Waals surface area contributed by atoms with Crippen LogP contribution in [-0.4, -0.2) is 50.4 Å². The van der Waals surface area contributed by atoms with Gasteiger partial charge in [-0.1, -0.05) is 41.5 Å². The largest absolute Gasteiger partial charge is 0.416 e. The van der Waals surface area contributed by atoms with Crippen LogP contribution in [0.25, 0.3) is 0 Å². The third kappa shape index (κ3) is 13.2. The van der Waals surface area contributed by atoms with E-state index in [2.05, 4.69) is 52.2 Å². The van der Waals surface area contributed by atoms with E-state index in [4.69, 9.17) is 8.61 Å². The van der Waals surface area contributed by atoms with Gasteiger partial charge in [-0.25, -0.2) is 8.42 Å². The molecule has 0 saturated heterocycles. The number of rotatable bonds is 9. The van der Waals surface area contributed by atoms with Crippen molar-refractivity contribution in [2.75, 3.05) is 19.1 Å². The first-order valence-corrected chi connectivity index (χ1v) is 15.0. The zero-order valence-corrected chi connectivity index (χ0v) is 20.3. The van der Waals surface area contributed by atoms with E-state index in [1.54, 1.807) is 6.92 Å². The molecule has 0 fully saturated rings. The van der Waals surface area contributed by atoms with Gasteiger partial charge in [0.1, 0.15) is 0 Å². The second-order valence-electron chi connectivity index (χ2n) is 7.25. The van der Waals surface area contributed by atoms with E-state index < -0.39 is 27.5 Å². The van der Waals surface area contributed by atoms with Gasteiger partial charge in [0, 0.05) is 17.3 Å². The van der Waals surface area contributed by atoms with Crippen LogP contribution in [0.2, 0.25) is 16.6 Å². The number of hydrogen-bond donors (Lipinski definition) is 0. The highest BCUT2D eigenvalue weighted by Crippen LogP contribution is 2.42. The second-order valence-corrected chi connectivity index (χ2v) is 17.4. The fourth-order valence-corrected chi connectivity index (χ4v) is 9.41. The monoisotopic (exact) mass is 438 g/mol. The molecule has 10 heteroatoms. The molecular weight excluding hydrogens is 404 g/mol. The summed E-state index contributed by atoms with van der Waals surface area (Å²) >= 11 is 0. The molecule has 0 aliphatic carbocycles. The third-order valence-electron chi connectivity index (χ3n) is 3.92. The van der Waals surface area contributed by atoms with Gasteiger partial charge in [0.2, 0.25) is 9.05 Å². The lowest BCUT2D eigenvalue weighted by molar-refractivity contribution is 0.175. The molecule has 0 aromatic carbocycles. The molecule has 25 heavy (non-hydrogen) atoms. The Morgan fingerprint density at radius 2 is 1.16 bits per heavy atom. The Hall–Kier alpha value is 0.327. The van der Waals surface area contributed by atoms with Crippen molar-refractivity contribution in [2.45, 2.75) is 77.6 Å². The smallest absolute Gasteiger partial charge is 0.264 e. The maximum absolute atomic E-state index is 11.1. The predicted octanol–water partition coefficient (Wildman–Crippen LogP) is 4.12. The van der Waals surface area contributed by atoms with Gasteiger partial charge in [0.25, 0.3) is 10.1 Å². The topological polar surface area (TPSA) is 86.7 Å². The first-order chi connectivity index (χ1) is 10.9. The molecule has 0 heterocycles. The summed E-state index contributed by atoms with van der Waals surface area (Å²) in [6.07, 6.45) is 2.28. The van der Waals surface area contributed by atoms with Crippen LogP contribution in [0.5, 0.6) is 0 Å². The normalized spacial score (nSPS) is 14.6. The second kappa shape index (κ2) is 11.2. The lowest BCUT2D eigenvalue weighted by atomic mass is 10.3. The van der Waals surface area contributed by atoms with Crippen LogP contribution >= 0.6 is 10.7 Å². The number of halogens is 1. The standard InChI is InChI=1S/C14H32O4SSi.CH3ClO2S/c1-11(2)20(12(3)4,13(5)6)17-10-9-14(7)18-19(8,15)16;1-5(2,3)4/h11-14H,9-10H2,1-8H3;1H3/t14-;/m0./s1. The Labute approximate surface area is 160 Å². The van der Waals surface area contributed by atoms with E-state index in [1.165, 1.54) is 0 Å². The van der Waals surface area contributed by atoms with Crippen LogP contribution in [0.3, 0.4) is 0 Å². The summed E-state index contributed by atoms with van der Waals surface area (Å²) in [6, 6.07) is 0. The average Bonchev–Trinajstić information content (AvgIpc) is 2.28. The zero-order valence-electron chi connectivity index (χ0n) is 16.9. The predicted molar refractivity (Wildman–Crippen MR) is 108 cm³/mol. The van der Waals surface area contributed by atoms with Gasteiger partial charge in [-0.2, -0.15) is 8.42 Å². The number of hydrogen-bond acceptors (Lipinski definition) is 6. The molecule has 0 amide bonds. The average molecular weight is 439 g/mol. The van der Waals surface area contributed by atoms with Crippen molar-refractivity contribution in [3.63, 3.8) is 0 Å². The molecule has 6 nitrogen and oxygen atoms in total. The van der Waals surface area contributed by atoms with E-state index in [-0.39, 0.29) is 6.10 Å². The minimum Gasteiger partial charge on any atom is -0.416 e. The van der Waals surface area contributed by atoms with Crippen LogP contribution < -0.4 is 0 Å². The van der Waals surface area contributed by atoms with E-state index >= 15 is 0 Å². The molecule has 0 aliphatic rings. The van der Waals surface area contributed by atoms with Crippen molar-refractivity contribution in [3.05, 3.63) is 0 Å². The molecule has 0 rings (SSSR count). The van der Waals surface area contributed by atoms with Crippen LogP contribution in [0, 0.1) is 0 Å². The van der Waals surface area contributed by atoms with Gasteiger partial charge in [-0.05, 0) is 30.0 Å². The Bertz CT molecular complexity index is 543. The summed E-state index contributed by atoms with van der Waals surface area (Å²) in [6.45, 7) is 15.8. The molecular formula is C15H35ClO6S2Si. The molecule has 0 spiro atoms. The molecule has 0 unspecified atom stereocenters. The van der Waals surface area contributed by atoms with E-state index in [0.29, 0.717) is 29.7 Å². The minimum atomic E-state index is -3.38. The first-order valence-electron chi connectivity index (χ1n) is 8.35. The summed E-state index contributed by atoms with van der Waals surface area (Å²) in [5, 5.41) is 0. The van der Waals surface area contributed by atoms with E-state index in [9.17, 15) is 16.8 Å². The highest BCUT2D eigenvalue weighted by molar-refractivity contribution is 8.13. The summed E-state index contributed by atoms with van der Waals surface area (Å²) in [7, 11) is -3.93. The molecule has 1 atom stereocenters. The quantitative estimate of drug-likeness (QED) is 0.305. The summed E-state index contributed by atoms with van der Waals surface area (Å²) in [5.41, 5.74) is 1.61. The molecule has 0 bridgehead atoms. The maximum Gasteiger partial charge on any atom is 0.264 e. The van der Waals surface area contributed by atoms with Gasteiger partial charge in [0.05, 0.1) is 18.6 Å². The fraction of sp³-hybridized carbons (Fsp3) is 1.00. The van der Waals surface area contributed by atoms with Crippen LogP contribution in [0.15, 0.2) is 0 Å². The molecule has 154 valence electrons. The Balaban J connectivity index is 0. The molecule has 0 aromatic heterocycles. The van der Waals surface area contributed by atoms with E-state index in [1.807, 2.05) is 0 Å². The highest BCUT2D eigenvalue weighted by atomic mass is 35.7. The Kier molecular flexibility index (Phi) is 12.4. The van der Waals surface area contributed by atoms with Gasteiger partial charge in [-0.15, -0.1) is 0 Å². The maximum atomic E-state index is 11.1. The van der Waals surface area contributed by atoms with Crippen molar-refractivity contribution in [3.8, 4) is 0 Å². The van der Waals surface area contributed by atoms with Gasteiger partial charge in [-0.3, -0.25) is 4.18 Å². The third-order valence-corrected chi connectivity index (χ3v) is 10.7. The first kappa shape index (κ1) is 27.5. The van der Waals surface area contributed by atoms with Crippen LogP contribution in [0.1, 0.15) is 54.9 Å². The van der Waals surface area contributed by atoms with Crippen molar-refractivity contribution in [1.82, 2.24) is 0 Å². The van der Waals surface area contributed by atoms with E-state index in [0.717, 1.165) is 12.5 Å². The van der Waals surface area contributed by atoms with Gasteiger partial charge in [0.15, 0.2) is 8.32 Å². The van der Waals surface area contributed by atoms with Crippen LogP contribution in [-0.2, 0) is 27.8 Å². The molecule has 0 aliphatic heterocycles. The van der Waals surface area contributed by atoms with Crippen LogP contribution in [0.4, 0.5) is 0 Å². The van der Waals surface area contributed by atoms with Crippen molar-refractivity contribution in [2.24, 2.45) is 0 Å².